The molecule has 0 saturated heterocycles. The molecule has 0 aromatic carbocycles. The van der Waals surface area contributed by atoms with E-state index in [-0.39, 0.29) is 30.9 Å². The van der Waals surface area contributed by atoms with Gasteiger partial charge in [0, 0.05) is 0 Å². The molecule has 1 atom stereocenters. The fraction of sp³-hybridized carbons (Fsp3) is 0.900. The van der Waals surface area contributed by atoms with Crippen LogP contribution in [0.3, 0.4) is 0 Å². The van der Waals surface area contributed by atoms with Gasteiger partial charge >= 0.3 is 26.7 Å². The standard InChI is InChI=1S/C10H22O4P.Li/c1-8(2)7-12-15(11,13-9(3)4)14-10(5)6;/h8-9H,7H2,1-6H3;/q-1;+1. The van der Waals surface area contributed by atoms with E-state index in [1.165, 1.54) is 0 Å². The van der Waals surface area contributed by atoms with Gasteiger partial charge in [-0.25, -0.2) is 4.57 Å². The average molecular weight is 244 g/mol. The van der Waals surface area contributed by atoms with Gasteiger partial charge in [-0.1, -0.05) is 13.8 Å². The van der Waals surface area contributed by atoms with Crippen LogP contribution in [-0.4, -0.2) is 12.7 Å². The number of phosphoric acid groups is 1. The Balaban J connectivity index is 0. The summed E-state index contributed by atoms with van der Waals surface area (Å²) in [7, 11) is -3.42. The maximum Gasteiger partial charge on any atom is 1.00 e. The molecule has 0 N–H and O–H groups in total. The molecule has 1 unspecified atom stereocenters. The van der Waals surface area contributed by atoms with Crippen LogP contribution in [0, 0.1) is 12.0 Å². The Labute approximate surface area is 111 Å². The van der Waals surface area contributed by atoms with Crippen molar-refractivity contribution in [1.29, 1.82) is 0 Å². The van der Waals surface area contributed by atoms with E-state index >= 15 is 0 Å². The molecule has 0 aliphatic heterocycles. The molecular weight excluding hydrogens is 222 g/mol. The third-order valence-electron chi connectivity index (χ3n) is 1.20. The van der Waals surface area contributed by atoms with Crippen molar-refractivity contribution in [2.24, 2.45) is 5.92 Å². The van der Waals surface area contributed by atoms with E-state index < -0.39 is 7.82 Å². The van der Waals surface area contributed by atoms with Crippen LogP contribution in [0.25, 0.3) is 0 Å². The van der Waals surface area contributed by atoms with Crippen LogP contribution >= 0.6 is 7.82 Å². The summed E-state index contributed by atoms with van der Waals surface area (Å²) in [5.74, 6) is 0.287. The molecule has 0 spiro atoms. The van der Waals surface area contributed by atoms with Crippen molar-refractivity contribution in [3.05, 3.63) is 6.10 Å². The van der Waals surface area contributed by atoms with E-state index in [4.69, 9.17) is 13.6 Å². The summed E-state index contributed by atoms with van der Waals surface area (Å²) in [6.07, 6.45) is 0.380. The second-order valence-electron chi connectivity index (χ2n) is 4.29. The Morgan fingerprint density at radius 3 is 2.00 bits per heavy atom. The van der Waals surface area contributed by atoms with Gasteiger partial charge in [-0.15, -0.1) is 0 Å². The number of hydrogen-bond donors (Lipinski definition) is 0. The van der Waals surface area contributed by atoms with Gasteiger partial charge in [0.2, 0.25) is 0 Å². The van der Waals surface area contributed by atoms with E-state index in [1.54, 1.807) is 27.7 Å². The Morgan fingerprint density at radius 1 is 1.19 bits per heavy atom. The molecule has 0 saturated carbocycles. The van der Waals surface area contributed by atoms with Crippen LogP contribution in [0.5, 0.6) is 0 Å². The van der Waals surface area contributed by atoms with E-state index in [0.29, 0.717) is 12.7 Å². The van der Waals surface area contributed by atoms with E-state index in [1.807, 2.05) is 13.8 Å². The Kier molecular flexibility index (Phi) is 10.4. The molecule has 0 heterocycles. The van der Waals surface area contributed by atoms with Crippen molar-refractivity contribution in [3.8, 4) is 0 Å². The summed E-state index contributed by atoms with van der Waals surface area (Å²) in [4.78, 5) is 0. The Hall–Kier alpha value is 0.707. The first-order chi connectivity index (χ1) is 6.75. The second-order valence-corrected chi connectivity index (χ2v) is 5.84. The normalized spacial score (nSPS) is 15.3. The van der Waals surface area contributed by atoms with E-state index in [9.17, 15) is 4.57 Å². The molecule has 6 heteroatoms. The van der Waals surface area contributed by atoms with Crippen molar-refractivity contribution < 1.29 is 37.0 Å². The van der Waals surface area contributed by atoms with Gasteiger partial charge in [-0.2, -0.15) is 20.0 Å². The minimum Gasteiger partial charge on any atom is -0.461 e. The first-order valence-electron chi connectivity index (χ1n) is 5.18. The first kappa shape index (κ1) is 19.1. The molecule has 0 radical (unpaired) electrons. The van der Waals surface area contributed by atoms with Crippen LogP contribution in [0.15, 0.2) is 0 Å². The monoisotopic (exact) mass is 244 g/mol. The van der Waals surface area contributed by atoms with Crippen LogP contribution in [0.1, 0.15) is 41.5 Å². The molecule has 0 bridgehead atoms. The van der Waals surface area contributed by atoms with Gasteiger partial charge in [0.05, 0.1) is 12.7 Å². The van der Waals surface area contributed by atoms with Crippen LogP contribution in [-0.2, 0) is 18.1 Å². The van der Waals surface area contributed by atoms with Crippen LogP contribution in [0.2, 0.25) is 0 Å². The maximum atomic E-state index is 12.1. The SMILES string of the molecule is C[C-](C)OP(=O)(OCC(C)C)OC(C)C.[Li+]. The molecule has 0 aromatic heterocycles. The van der Waals surface area contributed by atoms with E-state index in [0.717, 1.165) is 0 Å². The van der Waals surface area contributed by atoms with Gasteiger partial charge in [0.1, 0.15) is 0 Å². The van der Waals surface area contributed by atoms with Crippen molar-refractivity contribution in [1.82, 2.24) is 0 Å². The fourth-order valence-electron chi connectivity index (χ4n) is 0.800. The summed E-state index contributed by atoms with van der Waals surface area (Å²) in [5, 5.41) is 0. The molecule has 92 valence electrons. The zero-order valence-electron chi connectivity index (χ0n) is 11.4. The molecule has 4 nitrogen and oxygen atoms in total. The molecule has 0 aliphatic carbocycles. The smallest absolute Gasteiger partial charge is 0.461 e. The largest absolute Gasteiger partial charge is 1.00 e. The topological polar surface area (TPSA) is 44.8 Å². The summed E-state index contributed by atoms with van der Waals surface area (Å²) < 4.78 is 27.6. The predicted octanol–water partition coefficient (Wildman–Crippen LogP) is 0.784. The van der Waals surface area contributed by atoms with Crippen molar-refractivity contribution in [2.45, 2.75) is 47.6 Å². The second kappa shape index (κ2) is 8.75. The minimum absolute atomic E-state index is 0. The van der Waals surface area contributed by atoms with Crippen LogP contribution < -0.4 is 18.9 Å². The van der Waals surface area contributed by atoms with Gasteiger partial charge < -0.3 is 4.52 Å². The zero-order valence-corrected chi connectivity index (χ0v) is 12.3. The van der Waals surface area contributed by atoms with Gasteiger partial charge in [0.25, 0.3) is 0 Å². The molecule has 0 rings (SSSR count). The van der Waals surface area contributed by atoms with Crippen molar-refractivity contribution in [2.75, 3.05) is 6.61 Å². The fourth-order valence-corrected chi connectivity index (χ4v) is 2.40. The average Bonchev–Trinajstić information content (AvgIpc) is 1.97. The van der Waals surface area contributed by atoms with Crippen LogP contribution in [0.4, 0.5) is 0 Å². The molecule has 0 amide bonds. The quantitative estimate of drug-likeness (QED) is 0.377. The number of rotatable bonds is 7. The summed E-state index contributed by atoms with van der Waals surface area (Å²) in [6.45, 7) is 11.3. The summed E-state index contributed by atoms with van der Waals surface area (Å²) >= 11 is 0. The third kappa shape index (κ3) is 9.90. The molecule has 0 fully saturated rings. The zero-order chi connectivity index (χ0) is 12.1. The van der Waals surface area contributed by atoms with Gasteiger partial charge in [-0.3, -0.25) is 9.05 Å². The van der Waals surface area contributed by atoms with Crippen molar-refractivity contribution >= 4 is 7.82 Å². The molecular formula is C10H22LiO4P. The Morgan fingerprint density at radius 2 is 1.69 bits per heavy atom. The minimum atomic E-state index is -3.42. The van der Waals surface area contributed by atoms with Gasteiger partial charge in [0.15, 0.2) is 0 Å². The first-order valence-corrected chi connectivity index (χ1v) is 6.64. The third-order valence-corrected chi connectivity index (χ3v) is 2.93. The molecule has 0 aliphatic rings. The van der Waals surface area contributed by atoms with E-state index in [2.05, 4.69) is 0 Å². The molecule has 16 heavy (non-hydrogen) atoms. The van der Waals surface area contributed by atoms with Crippen molar-refractivity contribution in [3.63, 3.8) is 0 Å². The number of phosphoric ester groups is 1. The number of hydrogen-bond acceptors (Lipinski definition) is 4. The van der Waals surface area contributed by atoms with Gasteiger partial charge in [-0.05, 0) is 19.8 Å². The molecule has 0 aromatic rings. The maximum absolute atomic E-state index is 12.1. The predicted molar refractivity (Wildman–Crippen MR) is 60.3 cm³/mol. The summed E-state index contributed by atoms with van der Waals surface area (Å²) in [6, 6.07) is 0. The Bertz CT molecular complexity index is 205. The summed E-state index contributed by atoms with van der Waals surface area (Å²) in [5.41, 5.74) is 0.